The number of esters is 1. The van der Waals surface area contributed by atoms with Gasteiger partial charge in [0, 0.05) is 19.4 Å². The minimum absolute atomic E-state index is 0.0878. The highest BCUT2D eigenvalue weighted by Gasteiger charge is 2.23. The second kappa shape index (κ2) is 42.6. The molecule has 0 aliphatic rings. The van der Waals surface area contributed by atoms with Crippen molar-refractivity contribution in [2.75, 3.05) is 26.4 Å². The number of hydrogen-bond acceptors (Lipinski definition) is 7. The number of aliphatic hydroxyl groups excluding tert-OH is 1. The third-order valence-electron chi connectivity index (χ3n) is 10.5. The summed E-state index contributed by atoms with van der Waals surface area (Å²) in [5.41, 5.74) is 0. The maximum atomic E-state index is 12.1. The first-order valence-corrected chi connectivity index (χ1v) is 25.0. The van der Waals surface area contributed by atoms with E-state index in [1.807, 2.05) is 0 Å². The Hall–Kier alpha value is -0.990. The van der Waals surface area contributed by atoms with E-state index in [9.17, 15) is 24.2 Å². The van der Waals surface area contributed by atoms with Crippen molar-refractivity contribution in [1.29, 1.82) is 0 Å². The zero-order chi connectivity index (χ0) is 40.3. The maximum absolute atomic E-state index is 12.1. The molecule has 0 rings (SSSR count). The van der Waals surface area contributed by atoms with Gasteiger partial charge in [0.2, 0.25) is 5.91 Å². The largest absolute Gasteiger partial charge is 0.472 e. The number of ether oxygens (including phenoxy) is 1. The van der Waals surface area contributed by atoms with Crippen molar-refractivity contribution in [2.45, 2.75) is 251 Å². The molecule has 0 saturated carbocycles. The van der Waals surface area contributed by atoms with Crippen LogP contribution in [0.15, 0.2) is 0 Å². The van der Waals surface area contributed by atoms with Crippen LogP contribution in [0.25, 0.3) is 0 Å². The number of carbonyl (C=O) groups excluding carboxylic acids is 2. The molecule has 328 valence electrons. The summed E-state index contributed by atoms with van der Waals surface area (Å²) in [4.78, 5) is 33.9. The van der Waals surface area contributed by atoms with Crippen LogP contribution in [-0.2, 0) is 27.9 Å². The Morgan fingerprint density at radius 2 is 0.818 bits per heavy atom. The van der Waals surface area contributed by atoms with Gasteiger partial charge in [-0.15, -0.1) is 0 Å². The van der Waals surface area contributed by atoms with E-state index >= 15 is 0 Å². The fourth-order valence-electron chi connectivity index (χ4n) is 6.97. The minimum Gasteiger partial charge on any atom is -0.463 e. The standard InChI is InChI=1S/C45H90NO8P/c1-3-5-7-9-11-13-15-16-17-18-19-20-21-22-23-24-25-26-28-30-32-34-36-38-45(49)52-41-43(47)42-54-55(50,51)53-40-39-46-44(48)37-35-33-31-29-27-14-12-10-8-6-4-2/h43,47H,3-42H2,1-2H3,(H,46,48)(H,50,51). The van der Waals surface area contributed by atoms with E-state index in [0.717, 1.165) is 38.5 Å². The molecular formula is C45H90NO8P. The van der Waals surface area contributed by atoms with Gasteiger partial charge >= 0.3 is 13.8 Å². The smallest absolute Gasteiger partial charge is 0.463 e. The van der Waals surface area contributed by atoms with Gasteiger partial charge in [0.15, 0.2) is 0 Å². The highest BCUT2D eigenvalue weighted by molar-refractivity contribution is 7.47. The van der Waals surface area contributed by atoms with Crippen molar-refractivity contribution in [3.05, 3.63) is 0 Å². The molecule has 0 heterocycles. The molecule has 10 heteroatoms. The van der Waals surface area contributed by atoms with Gasteiger partial charge in [-0.2, -0.15) is 0 Å². The first-order chi connectivity index (χ1) is 26.8. The Kier molecular flexibility index (Phi) is 41.8. The monoisotopic (exact) mass is 804 g/mol. The molecular weight excluding hydrogens is 713 g/mol. The zero-order valence-corrected chi connectivity index (χ0v) is 37.0. The van der Waals surface area contributed by atoms with E-state index in [1.54, 1.807) is 0 Å². The summed E-state index contributed by atoms with van der Waals surface area (Å²) in [5.74, 6) is -0.503. The molecule has 1 amide bonds. The van der Waals surface area contributed by atoms with Crippen LogP contribution in [0.1, 0.15) is 245 Å². The van der Waals surface area contributed by atoms with Crippen LogP contribution in [0.4, 0.5) is 0 Å². The van der Waals surface area contributed by atoms with Crippen LogP contribution in [0.5, 0.6) is 0 Å². The number of carbonyl (C=O) groups is 2. The predicted octanol–water partition coefficient (Wildman–Crippen LogP) is 13.2. The van der Waals surface area contributed by atoms with E-state index in [-0.39, 0.29) is 25.7 Å². The number of rotatable bonds is 45. The summed E-state index contributed by atoms with van der Waals surface area (Å²) in [6, 6.07) is 0. The van der Waals surface area contributed by atoms with Crippen LogP contribution in [0.2, 0.25) is 0 Å². The fraction of sp³-hybridized carbons (Fsp3) is 0.956. The summed E-state index contributed by atoms with van der Waals surface area (Å²) < 4.78 is 26.9. The topological polar surface area (TPSA) is 131 Å². The quantitative estimate of drug-likeness (QED) is 0.0315. The molecule has 0 aromatic heterocycles. The normalized spacial score (nSPS) is 13.2. The molecule has 3 N–H and O–H groups in total. The average Bonchev–Trinajstić information content (AvgIpc) is 3.17. The molecule has 55 heavy (non-hydrogen) atoms. The average molecular weight is 804 g/mol. The van der Waals surface area contributed by atoms with E-state index in [1.165, 1.54) is 180 Å². The van der Waals surface area contributed by atoms with Crippen molar-refractivity contribution < 1.29 is 37.9 Å². The van der Waals surface area contributed by atoms with Crippen molar-refractivity contribution in [1.82, 2.24) is 5.32 Å². The Morgan fingerprint density at radius 1 is 0.491 bits per heavy atom. The Bertz CT molecular complexity index is 876. The highest BCUT2D eigenvalue weighted by atomic mass is 31.2. The summed E-state index contributed by atoms with van der Waals surface area (Å²) in [6.07, 6.45) is 43.3. The minimum atomic E-state index is -4.41. The van der Waals surface area contributed by atoms with Gasteiger partial charge < -0.3 is 20.1 Å². The summed E-state index contributed by atoms with van der Waals surface area (Å²) in [7, 11) is -4.41. The van der Waals surface area contributed by atoms with Gasteiger partial charge in [-0.25, -0.2) is 4.57 Å². The molecule has 2 atom stereocenters. The van der Waals surface area contributed by atoms with Crippen LogP contribution in [-0.4, -0.2) is 54.3 Å². The molecule has 0 aliphatic heterocycles. The fourth-order valence-corrected chi connectivity index (χ4v) is 7.73. The summed E-state index contributed by atoms with van der Waals surface area (Å²) in [6.45, 7) is 3.59. The molecule has 0 aromatic carbocycles. The third kappa shape index (κ3) is 44.0. The Balaban J connectivity index is 3.49. The number of hydrogen-bond donors (Lipinski definition) is 3. The third-order valence-corrected chi connectivity index (χ3v) is 11.5. The lowest BCUT2D eigenvalue weighted by Crippen LogP contribution is -2.27. The van der Waals surface area contributed by atoms with E-state index in [0.29, 0.717) is 12.8 Å². The molecule has 2 unspecified atom stereocenters. The van der Waals surface area contributed by atoms with Crippen molar-refractivity contribution >= 4 is 19.7 Å². The van der Waals surface area contributed by atoms with E-state index in [2.05, 4.69) is 19.2 Å². The molecule has 0 bridgehead atoms. The molecule has 0 radical (unpaired) electrons. The van der Waals surface area contributed by atoms with E-state index < -0.39 is 26.5 Å². The first kappa shape index (κ1) is 54.0. The molecule has 9 nitrogen and oxygen atoms in total. The Morgan fingerprint density at radius 3 is 1.18 bits per heavy atom. The van der Waals surface area contributed by atoms with Gasteiger partial charge in [-0.05, 0) is 12.8 Å². The molecule has 0 spiro atoms. The zero-order valence-electron chi connectivity index (χ0n) is 36.2. The maximum Gasteiger partial charge on any atom is 0.472 e. The van der Waals surface area contributed by atoms with Gasteiger partial charge in [-0.1, -0.05) is 219 Å². The van der Waals surface area contributed by atoms with Crippen molar-refractivity contribution in [3.8, 4) is 0 Å². The number of nitrogens with one attached hydrogen (secondary N) is 1. The van der Waals surface area contributed by atoms with Crippen LogP contribution in [0, 0.1) is 0 Å². The lowest BCUT2D eigenvalue weighted by molar-refractivity contribution is -0.147. The molecule has 0 fully saturated rings. The summed E-state index contributed by atoms with van der Waals surface area (Å²) >= 11 is 0. The van der Waals surface area contributed by atoms with Gasteiger partial charge in [0.05, 0.1) is 13.2 Å². The number of aliphatic hydroxyl groups is 1. The molecule has 0 aromatic rings. The lowest BCUT2D eigenvalue weighted by atomic mass is 10.0. The number of phosphoric ester groups is 1. The van der Waals surface area contributed by atoms with Crippen LogP contribution < -0.4 is 5.32 Å². The number of phosphoric acid groups is 1. The second-order valence-corrected chi connectivity index (χ2v) is 17.6. The lowest BCUT2D eigenvalue weighted by Gasteiger charge is -2.15. The van der Waals surface area contributed by atoms with Crippen molar-refractivity contribution in [2.24, 2.45) is 0 Å². The van der Waals surface area contributed by atoms with Crippen molar-refractivity contribution in [3.63, 3.8) is 0 Å². The first-order valence-electron chi connectivity index (χ1n) is 23.5. The number of amides is 1. The van der Waals surface area contributed by atoms with Gasteiger partial charge in [0.1, 0.15) is 12.7 Å². The van der Waals surface area contributed by atoms with Gasteiger partial charge in [0.25, 0.3) is 0 Å². The molecule has 0 saturated heterocycles. The van der Waals surface area contributed by atoms with Crippen LogP contribution >= 0.6 is 7.82 Å². The SMILES string of the molecule is CCCCCCCCCCCCCCCCCCCCCCCCCC(=O)OCC(O)COP(=O)(O)OCCNC(=O)CCCCCCCCCCCCC. The second-order valence-electron chi connectivity index (χ2n) is 16.1. The Labute approximate surface area is 339 Å². The number of unbranched alkanes of at least 4 members (excludes halogenated alkanes) is 32. The predicted molar refractivity (Wildman–Crippen MR) is 229 cm³/mol. The molecule has 0 aliphatic carbocycles. The van der Waals surface area contributed by atoms with Crippen LogP contribution in [0.3, 0.4) is 0 Å². The summed E-state index contributed by atoms with van der Waals surface area (Å²) in [5, 5.41) is 12.7. The highest BCUT2D eigenvalue weighted by Crippen LogP contribution is 2.42. The van der Waals surface area contributed by atoms with Gasteiger partial charge in [-0.3, -0.25) is 18.6 Å². The van der Waals surface area contributed by atoms with E-state index in [4.69, 9.17) is 13.8 Å².